The normalized spacial score (nSPS) is 21.5. The molecule has 12 heteroatoms. The first kappa shape index (κ1) is 29.6. The van der Waals surface area contributed by atoms with Gasteiger partial charge in [0.1, 0.15) is 28.6 Å². The lowest BCUT2D eigenvalue weighted by atomic mass is 9.94. The fraction of sp³-hybridized carbons (Fsp3) is 0.438. The summed E-state index contributed by atoms with van der Waals surface area (Å²) in [5.74, 6) is -1.35. The molecule has 10 nitrogen and oxygen atoms in total. The molecule has 4 heterocycles. The van der Waals surface area contributed by atoms with E-state index in [1.54, 1.807) is 61.4 Å². The number of allylic oxidation sites excluding steroid dienone is 2. The zero-order valence-corrected chi connectivity index (χ0v) is 26.0. The van der Waals surface area contributed by atoms with Crippen LogP contribution in [-0.2, 0) is 11.3 Å². The van der Waals surface area contributed by atoms with Gasteiger partial charge in [0, 0.05) is 44.3 Å². The quantitative estimate of drug-likeness (QED) is 0.389. The van der Waals surface area contributed by atoms with Gasteiger partial charge in [0.2, 0.25) is 0 Å². The first-order valence-electron chi connectivity index (χ1n) is 14.8. The lowest BCUT2D eigenvalue weighted by Crippen LogP contribution is -2.39. The fourth-order valence-electron chi connectivity index (χ4n) is 6.27. The Morgan fingerprint density at radius 1 is 1.07 bits per heavy atom. The van der Waals surface area contributed by atoms with Crippen molar-refractivity contribution in [2.45, 2.75) is 72.2 Å². The van der Waals surface area contributed by atoms with E-state index in [9.17, 15) is 14.0 Å². The van der Waals surface area contributed by atoms with Crippen LogP contribution in [0.4, 0.5) is 13.6 Å². The Hall–Kier alpha value is -4.48. The highest BCUT2D eigenvalue weighted by Crippen LogP contribution is 2.38. The summed E-state index contributed by atoms with van der Waals surface area (Å²) < 4.78 is 40.7. The van der Waals surface area contributed by atoms with Crippen molar-refractivity contribution < 1.29 is 18.3 Å². The Morgan fingerprint density at radius 2 is 1.75 bits per heavy atom. The number of aryl methyl sites for hydroxylation is 3. The van der Waals surface area contributed by atoms with Crippen molar-refractivity contribution in [1.82, 2.24) is 28.8 Å². The van der Waals surface area contributed by atoms with Gasteiger partial charge < -0.3 is 4.74 Å². The van der Waals surface area contributed by atoms with E-state index < -0.39 is 35.2 Å². The summed E-state index contributed by atoms with van der Waals surface area (Å²) in [5, 5.41) is 10.8. The summed E-state index contributed by atoms with van der Waals surface area (Å²) >= 11 is 0. The molecule has 2 aliphatic heterocycles. The Kier molecular flexibility index (Phi) is 7.13. The SMILES string of the molecule is Cc1cc(-c2nn3c(c2-n2ccn(C4=C(F)C5C=NN(C)C5C=C4)c2=O)C(C)N(C(=O)OC(C)(C)C)CCC3)cc(C)c1F. The van der Waals surface area contributed by atoms with Crippen molar-refractivity contribution in [2.75, 3.05) is 13.6 Å². The van der Waals surface area contributed by atoms with Gasteiger partial charge in [-0.3, -0.25) is 23.7 Å². The molecule has 1 amide bonds. The third-order valence-electron chi connectivity index (χ3n) is 8.41. The van der Waals surface area contributed by atoms with E-state index in [1.165, 1.54) is 15.3 Å². The second-order valence-corrected chi connectivity index (χ2v) is 12.7. The smallest absolute Gasteiger partial charge is 0.410 e. The van der Waals surface area contributed by atoms with Gasteiger partial charge in [-0.15, -0.1) is 0 Å². The molecule has 1 aliphatic carbocycles. The maximum atomic E-state index is 15.8. The van der Waals surface area contributed by atoms with Crippen molar-refractivity contribution >= 4 is 18.0 Å². The molecule has 0 bridgehead atoms. The molecule has 0 saturated heterocycles. The molecule has 0 spiro atoms. The lowest BCUT2D eigenvalue weighted by Gasteiger charge is -2.30. The van der Waals surface area contributed by atoms with Crippen LogP contribution in [0.5, 0.6) is 0 Å². The number of ether oxygens (including phenoxy) is 1. The molecule has 0 fully saturated rings. The van der Waals surface area contributed by atoms with Crippen molar-refractivity contribution in [3.05, 3.63) is 75.6 Å². The first-order chi connectivity index (χ1) is 20.8. The van der Waals surface area contributed by atoms with E-state index in [1.807, 2.05) is 38.5 Å². The number of aromatic nitrogens is 4. The van der Waals surface area contributed by atoms with Crippen LogP contribution in [0.25, 0.3) is 22.6 Å². The molecular weight excluding hydrogens is 568 g/mol. The molecule has 0 radical (unpaired) electrons. The number of hydrogen-bond acceptors (Lipinski definition) is 6. The molecule has 2 aromatic heterocycles. The van der Waals surface area contributed by atoms with Gasteiger partial charge in [-0.2, -0.15) is 10.2 Å². The number of hydrazone groups is 1. The van der Waals surface area contributed by atoms with Crippen molar-refractivity contribution in [1.29, 1.82) is 0 Å². The fourth-order valence-corrected chi connectivity index (χ4v) is 6.27. The highest BCUT2D eigenvalue weighted by Gasteiger charge is 2.37. The van der Waals surface area contributed by atoms with Crippen molar-refractivity contribution in [3.8, 4) is 16.9 Å². The third kappa shape index (κ3) is 4.86. The number of halogens is 2. The molecule has 3 aliphatic rings. The number of likely N-dealkylation sites (N-methyl/N-ethyl adjacent to an activating group) is 1. The van der Waals surface area contributed by atoms with Crippen LogP contribution >= 0.6 is 0 Å². The summed E-state index contributed by atoms with van der Waals surface area (Å²) in [6, 6.07) is 2.63. The van der Waals surface area contributed by atoms with E-state index in [4.69, 9.17) is 9.84 Å². The van der Waals surface area contributed by atoms with Crippen LogP contribution in [0, 0.1) is 25.6 Å². The van der Waals surface area contributed by atoms with E-state index in [0.717, 1.165) is 0 Å². The molecule has 3 unspecified atom stereocenters. The van der Waals surface area contributed by atoms with Crippen LogP contribution in [-0.4, -0.2) is 66.4 Å². The number of benzene rings is 1. The first-order valence-corrected chi connectivity index (χ1v) is 14.8. The minimum atomic E-state index is -0.697. The topological polar surface area (TPSA) is 89.9 Å². The van der Waals surface area contributed by atoms with Gasteiger partial charge in [-0.25, -0.2) is 18.4 Å². The molecule has 1 aromatic carbocycles. The molecular formula is C32H37F2N7O3. The summed E-state index contributed by atoms with van der Waals surface area (Å²) in [6.07, 6.45) is 8.23. The monoisotopic (exact) mass is 605 g/mol. The summed E-state index contributed by atoms with van der Waals surface area (Å²) in [6.45, 7) is 11.6. The van der Waals surface area contributed by atoms with Gasteiger partial charge >= 0.3 is 11.8 Å². The number of carbonyl (C=O) groups excluding carboxylic acids is 1. The van der Waals surface area contributed by atoms with Crippen LogP contribution in [0.15, 0.2) is 52.4 Å². The minimum Gasteiger partial charge on any atom is -0.444 e. The summed E-state index contributed by atoms with van der Waals surface area (Å²) in [7, 11) is 1.78. The minimum absolute atomic E-state index is 0.133. The van der Waals surface area contributed by atoms with Gasteiger partial charge in [0.05, 0.1) is 29.4 Å². The number of nitrogens with zero attached hydrogens (tertiary/aromatic N) is 7. The predicted molar refractivity (Wildman–Crippen MR) is 164 cm³/mol. The molecule has 3 aromatic rings. The number of hydrogen-bond donors (Lipinski definition) is 0. The Balaban J connectivity index is 1.54. The van der Waals surface area contributed by atoms with E-state index in [0.29, 0.717) is 53.3 Å². The standard InChI is InChI=1S/C32H37F2N7O3/c1-18-15-21(16-19(2)25(18)33)27-29(28-20(3)38(11-8-12-41(28)36-27)31(43)44-32(4,5)6)40-14-13-39(30(40)42)24-10-9-23-22(26(24)34)17-35-37(23)7/h9-10,13-17,20,22-23H,8,11-12H2,1-7H3. The zero-order chi connectivity index (χ0) is 31.7. The van der Waals surface area contributed by atoms with Crippen LogP contribution in [0.3, 0.4) is 0 Å². The van der Waals surface area contributed by atoms with Crippen LogP contribution in [0.1, 0.15) is 57.0 Å². The molecule has 3 atom stereocenters. The molecule has 0 N–H and O–H groups in total. The Morgan fingerprint density at radius 3 is 2.43 bits per heavy atom. The number of rotatable bonds is 3. The number of amides is 1. The maximum Gasteiger partial charge on any atom is 0.410 e. The number of carbonyl (C=O) groups is 1. The number of imidazole rings is 1. The van der Waals surface area contributed by atoms with E-state index in [2.05, 4.69) is 5.10 Å². The van der Waals surface area contributed by atoms with Gasteiger partial charge in [-0.05, 0) is 77.3 Å². The Labute approximate surface area is 254 Å². The largest absolute Gasteiger partial charge is 0.444 e. The van der Waals surface area contributed by atoms with Crippen LogP contribution < -0.4 is 5.69 Å². The molecule has 232 valence electrons. The van der Waals surface area contributed by atoms with Gasteiger partial charge in [0.15, 0.2) is 0 Å². The predicted octanol–water partition coefficient (Wildman–Crippen LogP) is 5.58. The summed E-state index contributed by atoms with van der Waals surface area (Å²) in [5.41, 5.74) is 1.98. The van der Waals surface area contributed by atoms with Crippen LogP contribution in [0.2, 0.25) is 0 Å². The zero-order valence-electron chi connectivity index (χ0n) is 26.0. The van der Waals surface area contributed by atoms with Gasteiger partial charge in [-0.1, -0.05) is 6.08 Å². The third-order valence-corrected chi connectivity index (χ3v) is 8.41. The average Bonchev–Trinajstić information content (AvgIpc) is 3.60. The Bertz CT molecular complexity index is 1780. The average molecular weight is 606 g/mol. The van der Waals surface area contributed by atoms with E-state index in [-0.39, 0.29) is 17.6 Å². The van der Waals surface area contributed by atoms with Crippen molar-refractivity contribution in [2.24, 2.45) is 11.0 Å². The van der Waals surface area contributed by atoms with Gasteiger partial charge in [0.25, 0.3) is 0 Å². The van der Waals surface area contributed by atoms with Crippen molar-refractivity contribution in [3.63, 3.8) is 0 Å². The summed E-state index contributed by atoms with van der Waals surface area (Å²) in [4.78, 5) is 29.2. The highest BCUT2D eigenvalue weighted by molar-refractivity contribution is 5.77. The van der Waals surface area contributed by atoms with E-state index >= 15 is 4.39 Å². The second-order valence-electron chi connectivity index (χ2n) is 12.7. The lowest BCUT2D eigenvalue weighted by molar-refractivity contribution is 0.0177. The maximum absolute atomic E-state index is 15.8. The molecule has 0 saturated carbocycles. The highest BCUT2D eigenvalue weighted by atomic mass is 19.1. The molecule has 44 heavy (non-hydrogen) atoms. The molecule has 6 rings (SSSR count). The number of fused-ring (bicyclic) bond motifs is 2. The second kappa shape index (κ2) is 10.6.